The third kappa shape index (κ3) is 24.4. The Kier molecular flexibility index (Phi) is 37.7. The first-order valence-corrected chi connectivity index (χ1v) is 42.1. The Balaban J connectivity index is 0.000000234. The molecule has 11 aromatic rings. The molecule has 0 bridgehead atoms. The molecule has 0 fully saturated rings. The summed E-state index contributed by atoms with van der Waals surface area (Å²) in [6.07, 6.45) is 1.72. The number of nitrogens with two attached hydrogens (primary N) is 2. The van der Waals surface area contributed by atoms with Crippen molar-refractivity contribution in [3.05, 3.63) is 309 Å². The van der Waals surface area contributed by atoms with E-state index in [1.54, 1.807) is 82.8 Å². The molecule has 0 saturated heterocycles. The van der Waals surface area contributed by atoms with Crippen LogP contribution in [0.15, 0.2) is 285 Å². The summed E-state index contributed by atoms with van der Waals surface area (Å²) in [6, 6.07) is 71.5. The Hall–Kier alpha value is -12.1. The number of halogens is 1. The Morgan fingerprint density at radius 2 is 0.688 bits per heavy atom. The van der Waals surface area contributed by atoms with E-state index in [0.717, 1.165) is 109 Å². The first-order chi connectivity index (χ1) is 58.2. The van der Waals surface area contributed by atoms with E-state index in [1.165, 1.54) is 126 Å². The fourth-order valence-corrected chi connectivity index (χ4v) is 20.0. The van der Waals surface area contributed by atoms with E-state index in [4.69, 9.17) is 26.6 Å². The number of carbonyl (C=O) groups excluding carboxylic acids is 3. The van der Waals surface area contributed by atoms with Gasteiger partial charge >= 0.3 is 29.6 Å². The van der Waals surface area contributed by atoms with Crippen molar-refractivity contribution in [1.82, 2.24) is 9.56 Å². The van der Waals surface area contributed by atoms with E-state index in [9.17, 15) is 54.8 Å². The van der Waals surface area contributed by atoms with E-state index in [1.807, 2.05) is 76.4 Å². The molecular weight excluding hydrogens is 1770 g/mol. The molecule has 128 heavy (non-hydrogen) atoms. The van der Waals surface area contributed by atoms with Gasteiger partial charge in [0.05, 0.1) is 74.6 Å². The van der Waals surface area contributed by atoms with Crippen LogP contribution in [0.5, 0.6) is 0 Å². The number of nitro benzene ring substituents is 4. The van der Waals surface area contributed by atoms with Gasteiger partial charge in [0.2, 0.25) is 23.1 Å². The summed E-state index contributed by atoms with van der Waals surface area (Å²) in [5.74, 6) is -0.282. The number of benzene rings is 12. The third-order valence-corrected chi connectivity index (χ3v) is 26.1. The number of hydrogen-bond donors (Lipinski definition) is 2. The van der Waals surface area contributed by atoms with Crippen molar-refractivity contribution < 1.29 is 76.0 Å². The molecule has 0 saturated carbocycles. The van der Waals surface area contributed by atoms with Gasteiger partial charge in [-0.2, -0.15) is 0 Å². The molecular formula is C92H95ClN15NaO13S6. The van der Waals surface area contributed by atoms with Crippen LogP contribution in [0.3, 0.4) is 0 Å². The number of hydrogen-bond acceptors (Lipinski definition) is 26. The zero-order valence-electron chi connectivity index (χ0n) is 69.0. The van der Waals surface area contributed by atoms with E-state index in [-0.39, 0.29) is 112 Å². The topological polar surface area (TPSA) is 364 Å². The van der Waals surface area contributed by atoms with Gasteiger partial charge in [-0.05, 0) is 156 Å². The minimum Gasteiger partial charge on any atom is -1.00 e. The van der Waals surface area contributed by atoms with Gasteiger partial charge < -0.3 is 48.7 Å². The average Bonchev–Trinajstić information content (AvgIpc) is 0.759. The Morgan fingerprint density at radius 3 is 1.05 bits per heavy atom. The van der Waals surface area contributed by atoms with E-state index in [2.05, 4.69) is 157 Å². The molecule has 1 aliphatic carbocycles. The van der Waals surface area contributed by atoms with Crippen molar-refractivity contribution in [2.45, 2.75) is 112 Å². The van der Waals surface area contributed by atoms with Gasteiger partial charge in [0, 0.05) is 201 Å². The largest absolute Gasteiger partial charge is 1.00 e. The van der Waals surface area contributed by atoms with Gasteiger partial charge in [-0.15, -0.1) is 16.7 Å². The van der Waals surface area contributed by atoms with E-state index < -0.39 is 19.7 Å². The first-order valence-electron chi connectivity index (χ1n) is 37.2. The number of nitro groups is 4. The summed E-state index contributed by atoms with van der Waals surface area (Å²) in [5, 5.41) is 53.6. The van der Waals surface area contributed by atoms with Crippen molar-refractivity contribution in [2.75, 3.05) is 97.2 Å². The predicted molar refractivity (Wildman–Crippen MR) is 517 cm³/mol. The van der Waals surface area contributed by atoms with Crippen LogP contribution in [0.2, 0.25) is 0 Å². The summed E-state index contributed by atoms with van der Waals surface area (Å²) in [5.41, 5.74) is 28.0. The van der Waals surface area contributed by atoms with Crippen LogP contribution in [0.25, 0.3) is 20.8 Å². The molecule has 0 aromatic heterocycles. The second-order valence-corrected chi connectivity index (χ2v) is 35.0. The van der Waals surface area contributed by atoms with Crippen LogP contribution < -0.4 is 92.8 Å². The number of fused-ring (bicyclic) bond motifs is 12. The smallest absolute Gasteiger partial charge is 1.00 e. The van der Waals surface area contributed by atoms with Crippen LogP contribution >= 0.6 is 70.1 Å². The van der Waals surface area contributed by atoms with Crippen LogP contribution in [-0.4, -0.2) is 98.8 Å². The number of aromatic nitrogens is 1. The summed E-state index contributed by atoms with van der Waals surface area (Å²) in [7, 11) is 16.3. The van der Waals surface area contributed by atoms with Crippen LogP contribution in [0, 0.1) is 50.6 Å². The van der Waals surface area contributed by atoms with Gasteiger partial charge in [0.25, 0.3) is 22.7 Å². The van der Waals surface area contributed by atoms with E-state index >= 15 is 0 Å². The Labute approximate surface area is 796 Å². The zero-order chi connectivity index (χ0) is 87.7. The third-order valence-electron chi connectivity index (χ3n) is 19.3. The molecule has 11 aromatic carbocycles. The molecule has 28 nitrogen and oxygen atoms in total. The molecule has 18 rings (SSSR count). The quantitative estimate of drug-likeness (QED) is 0.0285. The van der Waals surface area contributed by atoms with Crippen molar-refractivity contribution in [3.63, 3.8) is 0 Å². The zero-order valence-corrected chi connectivity index (χ0v) is 76.6. The van der Waals surface area contributed by atoms with Gasteiger partial charge in [-0.3, -0.25) is 69.5 Å². The van der Waals surface area contributed by atoms with Crippen LogP contribution in [-0.2, 0) is 27.2 Å². The number of nitrogen functional groups attached to an aromatic ring is 2. The maximum absolute atomic E-state index is 12.3. The standard InChI is InChI=1S/C18H21N3OS.C16H18N3S.C14H9N3O5S.C14H13N3OS.C13H8N2O4S.C13H10S.4CH4.ClH.HNO2.Na/c1-12(22)21-15-8-6-13(19(2)3)10-17(15)23-18-11-14(20(4)5)7-9-16(18)21;1-18(2)11-5-7-13-15(9-11)20-16-10-12(19(3)4)6-8-14(16)17-13;1-8(18)15-11-4-2-9(16(19)20)6-13(11)23-14-7-10(17(21)22)3-5-12(14)15;1-8(18)17-11-4-2-9(15)6-13(11)19-14-7-10(16)3-5-12(14)17;16-14(17)10-3-1-8-5-9-2-4-11(15(18)19)7-13(9)20-12(8)6-10;1-3-7-12-10(5-1)9-11-6-2-4-8-13(11)14-12;;;;;;2-1-3;/h6-11H,1-5H3;5-10H,1-4H3;2-7H,1H3;2-7H,15-16H2,1H3;1-4,6-7H,5H2;1-8H,9H2;4*1H4;1H;(H,2,3);/q;+1;;;;;;;;;;;+1/p-2. The number of rotatable bonds is 7. The molecule has 4 N–H and O–H groups in total. The minimum absolute atomic E-state index is 0. The molecule has 0 spiro atoms. The summed E-state index contributed by atoms with van der Waals surface area (Å²) in [6.45, 7) is 4.53. The van der Waals surface area contributed by atoms with Crippen molar-refractivity contribution >= 4 is 183 Å². The molecule has 660 valence electrons. The summed E-state index contributed by atoms with van der Waals surface area (Å²) < 4.78 is 3.34. The fourth-order valence-electron chi connectivity index (χ4n) is 13.3. The molecule has 0 atom stereocenters. The second kappa shape index (κ2) is 46.1. The normalized spacial score (nSPS) is 11.5. The molecule has 6 aliphatic heterocycles. The Bertz CT molecular complexity index is 6060. The Morgan fingerprint density at radius 1 is 0.391 bits per heavy atom. The maximum Gasteiger partial charge on any atom is 1.00 e. The van der Waals surface area contributed by atoms with E-state index in [0.29, 0.717) is 39.0 Å². The van der Waals surface area contributed by atoms with Gasteiger partial charge in [0.1, 0.15) is 14.1 Å². The molecule has 6 heterocycles. The first kappa shape index (κ1) is 105. The molecule has 3 amide bonds. The van der Waals surface area contributed by atoms with Gasteiger partial charge in [-0.1, -0.05) is 137 Å². The van der Waals surface area contributed by atoms with Crippen molar-refractivity contribution in [2.24, 2.45) is 5.34 Å². The SMILES string of the molecule is C.C.C.C.CC(=O)N1c2ccc(N(C)C)cc2Sc2cc(N(C)C)ccc21.CC(=O)N1c2ccc(N)cc2Sc2cc(N)ccc21.CC(=O)N1c2ccc([N+](=O)[O-])cc2Sc2cc([N+](=O)[O-])ccc21.CN(C)c1ccc2nc3ccc(=[N+](C)C)cc-3sc2c1.O=N[O-].O=[N+]([O-])c1ccc2c(c1)Sc1cc([N+](=O)[O-])ccc1C2.[Cl-].[Na+].c1ccc2c(c1)Cc1ccccc1S2. The summed E-state index contributed by atoms with van der Waals surface area (Å²) >= 11 is 9.48. The van der Waals surface area contributed by atoms with Gasteiger partial charge in [0.15, 0.2) is 0 Å². The fraction of sp³-hybridized carbons (Fsp3) is 0.185. The average molecular weight is 1870 g/mol. The molecule has 7 aliphatic rings. The molecule has 0 unspecified atom stereocenters. The number of carbonyl (C=O) groups is 3. The minimum atomic E-state index is -0.526. The number of nitrogens with zero attached hydrogens (tertiary/aromatic N) is 13. The van der Waals surface area contributed by atoms with Crippen LogP contribution in [0.1, 0.15) is 72.7 Å². The molecule has 0 radical (unpaired) electrons. The predicted octanol–water partition coefficient (Wildman–Crippen LogP) is 17.2. The molecule has 36 heteroatoms. The monoisotopic (exact) mass is 1870 g/mol. The number of anilines is 11. The second-order valence-electron chi connectivity index (χ2n) is 28.5. The van der Waals surface area contributed by atoms with Crippen molar-refractivity contribution in [3.8, 4) is 10.6 Å². The van der Waals surface area contributed by atoms with Crippen LogP contribution in [0.4, 0.5) is 85.3 Å². The summed E-state index contributed by atoms with van der Waals surface area (Å²) in [4.78, 5) is 112. The number of non-ortho nitro benzene ring substituents is 4. The maximum atomic E-state index is 12.3. The van der Waals surface area contributed by atoms with Gasteiger partial charge in [-0.25, -0.2) is 9.56 Å². The number of amides is 3. The van der Waals surface area contributed by atoms with Crippen molar-refractivity contribution in [1.29, 1.82) is 0 Å².